The van der Waals surface area contributed by atoms with Gasteiger partial charge in [0.05, 0.1) is 5.56 Å². The highest BCUT2D eigenvalue weighted by molar-refractivity contribution is 9.10. The Morgan fingerprint density at radius 1 is 1.47 bits per heavy atom. The highest BCUT2D eigenvalue weighted by Gasteiger charge is 2.33. The van der Waals surface area contributed by atoms with Crippen molar-refractivity contribution >= 4 is 39.6 Å². The predicted octanol–water partition coefficient (Wildman–Crippen LogP) is 2.23. The summed E-state index contributed by atoms with van der Waals surface area (Å²) in [7, 11) is 0. The second kappa shape index (κ2) is 5.92. The fourth-order valence-electron chi connectivity index (χ4n) is 1.87. The maximum atomic E-state index is 13.8. The summed E-state index contributed by atoms with van der Waals surface area (Å²) in [5, 5.41) is 9.11. The van der Waals surface area contributed by atoms with Crippen molar-refractivity contribution in [2.45, 2.75) is 6.04 Å². The van der Waals surface area contributed by atoms with Gasteiger partial charge in [0.1, 0.15) is 11.9 Å². The van der Waals surface area contributed by atoms with Gasteiger partial charge in [-0.25, -0.2) is 9.18 Å². The molecule has 1 fully saturated rings. The number of thioether (sulfide) groups is 1. The SMILES string of the molecule is O=C(O)C1CSCCN1C(=O)c1ccc(Br)cc1F. The van der Waals surface area contributed by atoms with E-state index < -0.39 is 23.7 Å². The highest BCUT2D eigenvalue weighted by atomic mass is 79.9. The number of benzene rings is 1. The van der Waals surface area contributed by atoms with Gasteiger partial charge >= 0.3 is 5.97 Å². The predicted molar refractivity (Wildman–Crippen MR) is 73.9 cm³/mol. The van der Waals surface area contributed by atoms with E-state index in [1.165, 1.54) is 28.8 Å². The molecule has 1 amide bonds. The standard InChI is InChI=1S/C12H11BrFNO3S/c13-7-1-2-8(9(14)5-7)11(16)15-3-4-19-6-10(15)12(17)18/h1-2,5,10H,3-4,6H2,(H,17,18). The lowest BCUT2D eigenvalue weighted by Crippen LogP contribution is -2.50. The van der Waals surface area contributed by atoms with Crippen LogP contribution in [0.5, 0.6) is 0 Å². The van der Waals surface area contributed by atoms with Crippen molar-refractivity contribution in [3.63, 3.8) is 0 Å². The number of carbonyl (C=O) groups excluding carboxylic acids is 1. The van der Waals surface area contributed by atoms with Crippen LogP contribution in [0.1, 0.15) is 10.4 Å². The van der Waals surface area contributed by atoms with E-state index in [0.29, 0.717) is 22.5 Å². The first-order valence-electron chi connectivity index (χ1n) is 5.57. The lowest BCUT2D eigenvalue weighted by Gasteiger charge is -2.32. The second-order valence-corrected chi connectivity index (χ2v) is 6.12. The molecular formula is C12H11BrFNO3S. The number of carbonyl (C=O) groups is 2. The van der Waals surface area contributed by atoms with Crippen LogP contribution in [0.2, 0.25) is 0 Å². The summed E-state index contributed by atoms with van der Waals surface area (Å²) in [6.07, 6.45) is 0. The Kier molecular flexibility index (Phi) is 4.46. The molecule has 1 aliphatic heterocycles. The highest BCUT2D eigenvalue weighted by Crippen LogP contribution is 2.22. The Labute approximate surface area is 122 Å². The van der Waals surface area contributed by atoms with Crippen LogP contribution in [0.3, 0.4) is 0 Å². The smallest absolute Gasteiger partial charge is 0.327 e. The number of halogens is 2. The molecule has 1 unspecified atom stereocenters. The van der Waals surface area contributed by atoms with E-state index in [1.54, 1.807) is 6.07 Å². The molecule has 0 saturated carbocycles. The molecule has 0 aliphatic carbocycles. The number of hydrogen-bond donors (Lipinski definition) is 1. The van der Waals surface area contributed by atoms with Gasteiger partial charge in [-0.1, -0.05) is 15.9 Å². The lowest BCUT2D eigenvalue weighted by atomic mass is 10.1. The van der Waals surface area contributed by atoms with Crippen LogP contribution in [0.15, 0.2) is 22.7 Å². The van der Waals surface area contributed by atoms with Crippen LogP contribution in [-0.2, 0) is 4.79 Å². The second-order valence-electron chi connectivity index (χ2n) is 4.05. The molecule has 0 aromatic heterocycles. The van der Waals surface area contributed by atoms with Gasteiger partial charge in [-0.3, -0.25) is 4.79 Å². The maximum absolute atomic E-state index is 13.8. The molecule has 1 saturated heterocycles. The normalized spacial score (nSPS) is 19.3. The van der Waals surface area contributed by atoms with Gasteiger partial charge < -0.3 is 10.0 Å². The Bertz CT molecular complexity index is 526. The summed E-state index contributed by atoms with van der Waals surface area (Å²) in [5.74, 6) is -1.29. The third-order valence-corrected chi connectivity index (χ3v) is 4.35. The van der Waals surface area contributed by atoms with Crippen molar-refractivity contribution in [1.82, 2.24) is 4.90 Å². The molecule has 2 rings (SSSR count). The van der Waals surface area contributed by atoms with Crippen LogP contribution in [0, 0.1) is 5.82 Å². The first-order chi connectivity index (χ1) is 9.00. The fourth-order valence-corrected chi connectivity index (χ4v) is 3.24. The zero-order valence-corrected chi connectivity index (χ0v) is 12.2. The molecular weight excluding hydrogens is 337 g/mol. The van der Waals surface area contributed by atoms with E-state index in [9.17, 15) is 14.0 Å². The number of hydrogen-bond acceptors (Lipinski definition) is 3. The van der Waals surface area contributed by atoms with E-state index in [-0.39, 0.29) is 5.56 Å². The van der Waals surface area contributed by atoms with Gasteiger partial charge in [0.2, 0.25) is 0 Å². The van der Waals surface area contributed by atoms with Gasteiger partial charge in [0.25, 0.3) is 5.91 Å². The first-order valence-corrected chi connectivity index (χ1v) is 7.52. The number of aliphatic carboxylic acids is 1. The van der Waals surface area contributed by atoms with Crippen molar-refractivity contribution in [1.29, 1.82) is 0 Å². The van der Waals surface area contributed by atoms with Crippen LogP contribution >= 0.6 is 27.7 Å². The summed E-state index contributed by atoms with van der Waals surface area (Å²) < 4.78 is 14.3. The summed E-state index contributed by atoms with van der Waals surface area (Å²) in [6, 6.07) is 3.23. The molecule has 1 atom stereocenters. The Balaban J connectivity index is 2.28. The molecule has 0 bridgehead atoms. The molecule has 0 radical (unpaired) electrons. The summed E-state index contributed by atoms with van der Waals surface area (Å²) in [6.45, 7) is 0.315. The molecule has 1 aromatic carbocycles. The van der Waals surface area contributed by atoms with E-state index in [4.69, 9.17) is 5.11 Å². The van der Waals surface area contributed by atoms with Crippen molar-refractivity contribution in [2.24, 2.45) is 0 Å². The molecule has 4 nitrogen and oxygen atoms in total. The van der Waals surface area contributed by atoms with Gasteiger partial charge in [-0.05, 0) is 18.2 Å². The number of rotatable bonds is 2. The molecule has 7 heteroatoms. The van der Waals surface area contributed by atoms with E-state index in [1.807, 2.05) is 0 Å². The minimum Gasteiger partial charge on any atom is -0.480 e. The molecule has 0 spiro atoms. The zero-order valence-electron chi connectivity index (χ0n) is 9.81. The molecule has 1 N–H and O–H groups in total. The minimum absolute atomic E-state index is 0.0960. The fraction of sp³-hybridized carbons (Fsp3) is 0.333. The summed E-state index contributed by atoms with van der Waals surface area (Å²) >= 11 is 4.59. The molecule has 1 heterocycles. The van der Waals surface area contributed by atoms with Crippen molar-refractivity contribution in [3.05, 3.63) is 34.1 Å². The largest absolute Gasteiger partial charge is 0.480 e. The van der Waals surface area contributed by atoms with Crippen LogP contribution < -0.4 is 0 Å². The zero-order chi connectivity index (χ0) is 14.0. The van der Waals surface area contributed by atoms with E-state index in [2.05, 4.69) is 15.9 Å². The minimum atomic E-state index is -1.06. The average molecular weight is 348 g/mol. The molecule has 1 aliphatic rings. The lowest BCUT2D eigenvalue weighted by molar-refractivity contribution is -0.141. The van der Waals surface area contributed by atoms with Crippen molar-refractivity contribution in [2.75, 3.05) is 18.1 Å². The maximum Gasteiger partial charge on any atom is 0.327 e. The topological polar surface area (TPSA) is 57.6 Å². The number of nitrogens with zero attached hydrogens (tertiary/aromatic N) is 1. The third-order valence-electron chi connectivity index (χ3n) is 2.84. The van der Waals surface area contributed by atoms with Crippen molar-refractivity contribution < 1.29 is 19.1 Å². The van der Waals surface area contributed by atoms with Crippen LogP contribution in [-0.4, -0.2) is 46.0 Å². The monoisotopic (exact) mass is 347 g/mol. The van der Waals surface area contributed by atoms with Gasteiger partial charge in [0, 0.05) is 22.5 Å². The average Bonchev–Trinajstić information content (AvgIpc) is 2.38. The molecule has 1 aromatic rings. The molecule has 19 heavy (non-hydrogen) atoms. The number of amides is 1. The van der Waals surface area contributed by atoms with Gasteiger partial charge in [-0.15, -0.1) is 0 Å². The van der Waals surface area contributed by atoms with Gasteiger partial charge in [-0.2, -0.15) is 11.8 Å². The third kappa shape index (κ3) is 3.09. The van der Waals surface area contributed by atoms with Crippen LogP contribution in [0.4, 0.5) is 4.39 Å². The quantitative estimate of drug-likeness (QED) is 0.891. The van der Waals surface area contributed by atoms with Gasteiger partial charge in [0.15, 0.2) is 0 Å². The van der Waals surface area contributed by atoms with E-state index >= 15 is 0 Å². The Morgan fingerprint density at radius 3 is 2.84 bits per heavy atom. The summed E-state index contributed by atoms with van der Waals surface area (Å²) in [5.41, 5.74) is -0.0960. The number of carboxylic acid groups (broad SMARTS) is 1. The Morgan fingerprint density at radius 2 is 2.21 bits per heavy atom. The van der Waals surface area contributed by atoms with E-state index in [0.717, 1.165) is 0 Å². The Hall–Kier alpha value is -1.08. The van der Waals surface area contributed by atoms with Crippen molar-refractivity contribution in [3.8, 4) is 0 Å². The van der Waals surface area contributed by atoms with Crippen LogP contribution in [0.25, 0.3) is 0 Å². The summed E-state index contributed by atoms with van der Waals surface area (Å²) in [4.78, 5) is 24.6. The number of carboxylic acids is 1. The molecule has 102 valence electrons. The first kappa shape index (κ1) is 14.3.